The van der Waals surface area contributed by atoms with Crippen LogP contribution in [-0.2, 0) is 10.0 Å². The molecule has 1 aromatic heterocycles. The summed E-state index contributed by atoms with van der Waals surface area (Å²) in [5.74, 6) is -0.213. The number of hydrogen-bond donors (Lipinski definition) is 1. The molecular formula is C22H24N2O3S2. The number of carbonyl (C=O) groups is 1. The molecule has 0 aliphatic heterocycles. The van der Waals surface area contributed by atoms with Crippen LogP contribution in [0, 0.1) is 6.92 Å². The summed E-state index contributed by atoms with van der Waals surface area (Å²) in [5.41, 5.74) is 3.59. The molecule has 0 aliphatic carbocycles. The van der Waals surface area contributed by atoms with Gasteiger partial charge in [-0.05, 0) is 48.2 Å². The van der Waals surface area contributed by atoms with Gasteiger partial charge in [-0.2, -0.15) is 4.31 Å². The molecule has 7 heteroatoms. The summed E-state index contributed by atoms with van der Waals surface area (Å²) in [7, 11) is -3.51. The number of hydrogen-bond acceptors (Lipinski definition) is 4. The van der Waals surface area contributed by atoms with E-state index >= 15 is 0 Å². The van der Waals surface area contributed by atoms with Crippen molar-refractivity contribution in [1.29, 1.82) is 0 Å². The summed E-state index contributed by atoms with van der Waals surface area (Å²) in [6.45, 7) is 6.47. The van der Waals surface area contributed by atoms with Crippen molar-refractivity contribution >= 4 is 33.0 Å². The van der Waals surface area contributed by atoms with Gasteiger partial charge in [0.2, 0.25) is 10.0 Å². The van der Waals surface area contributed by atoms with E-state index in [4.69, 9.17) is 0 Å². The fourth-order valence-electron chi connectivity index (χ4n) is 3.06. The number of amides is 1. The molecular weight excluding hydrogens is 404 g/mol. The molecule has 2 aromatic carbocycles. The van der Waals surface area contributed by atoms with Gasteiger partial charge in [-0.1, -0.05) is 43.7 Å². The zero-order chi connectivity index (χ0) is 21.0. The van der Waals surface area contributed by atoms with Gasteiger partial charge in [0.05, 0.1) is 9.77 Å². The lowest BCUT2D eigenvalue weighted by atomic mass is 10.0. The first-order valence-corrected chi connectivity index (χ1v) is 11.7. The van der Waals surface area contributed by atoms with Gasteiger partial charge in [-0.25, -0.2) is 8.42 Å². The molecule has 0 radical (unpaired) electrons. The Morgan fingerprint density at radius 2 is 1.59 bits per heavy atom. The summed E-state index contributed by atoms with van der Waals surface area (Å²) in [6, 6.07) is 16.3. The second-order valence-electron chi connectivity index (χ2n) is 6.60. The van der Waals surface area contributed by atoms with Crippen molar-refractivity contribution < 1.29 is 13.2 Å². The highest BCUT2D eigenvalue weighted by Crippen LogP contribution is 2.29. The van der Waals surface area contributed by atoms with E-state index in [1.807, 2.05) is 56.5 Å². The number of sulfonamides is 1. The van der Waals surface area contributed by atoms with Crippen molar-refractivity contribution in [3.8, 4) is 11.1 Å². The first-order valence-electron chi connectivity index (χ1n) is 9.43. The number of nitrogens with zero attached hydrogens (tertiary/aromatic N) is 1. The summed E-state index contributed by atoms with van der Waals surface area (Å²) < 4.78 is 26.6. The van der Waals surface area contributed by atoms with Crippen molar-refractivity contribution in [2.75, 3.05) is 18.4 Å². The van der Waals surface area contributed by atoms with Crippen LogP contribution in [0.3, 0.4) is 0 Å². The van der Waals surface area contributed by atoms with Crippen molar-refractivity contribution in [3.63, 3.8) is 0 Å². The largest absolute Gasteiger partial charge is 0.321 e. The minimum Gasteiger partial charge on any atom is -0.321 e. The van der Waals surface area contributed by atoms with Gasteiger partial charge in [0.15, 0.2) is 0 Å². The van der Waals surface area contributed by atoms with E-state index in [9.17, 15) is 13.2 Å². The Balaban J connectivity index is 1.79. The van der Waals surface area contributed by atoms with Crippen LogP contribution in [0.4, 0.5) is 5.69 Å². The Morgan fingerprint density at radius 3 is 2.17 bits per heavy atom. The number of thiophene rings is 1. The minimum atomic E-state index is -3.51. The third kappa shape index (κ3) is 4.58. The molecule has 0 spiro atoms. The standard InChI is InChI=1S/C22H24N2O3S2/c1-4-24(5-2)29(26,27)19-12-10-18(11-13-19)23-22(25)21-20(14-15-28-21)17-8-6-16(3)7-9-17/h6-15H,4-5H2,1-3H3,(H,23,25). The average Bonchev–Trinajstić information content (AvgIpc) is 3.20. The fourth-order valence-corrected chi connectivity index (χ4v) is 5.33. The molecule has 0 fully saturated rings. The fraction of sp³-hybridized carbons (Fsp3) is 0.227. The van der Waals surface area contributed by atoms with Crippen LogP contribution >= 0.6 is 11.3 Å². The van der Waals surface area contributed by atoms with Crippen LogP contribution in [0.15, 0.2) is 64.9 Å². The molecule has 0 saturated carbocycles. The van der Waals surface area contributed by atoms with E-state index in [0.29, 0.717) is 23.7 Å². The first kappa shape index (κ1) is 21.2. The summed E-state index contributed by atoms with van der Waals surface area (Å²) >= 11 is 1.38. The molecule has 152 valence electrons. The summed E-state index contributed by atoms with van der Waals surface area (Å²) in [4.78, 5) is 13.6. The lowest BCUT2D eigenvalue weighted by molar-refractivity contribution is 0.103. The van der Waals surface area contributed by atoms with E-state index in [1.165, 1.54) is 27.8 Å². The van der Waals surface area contributed by atoms with E-state index in [0.717, 1.165) is 16.7 Å². The molecule has 3 rings (SSSR count). The van der Waals surface area contributed by atoms with Crippen molar-refractivity contribution in [1.82, 2.24) is 4.31 Å². The molecule has 0 saturated heterocycles. The number of rotatable bonds is 7. The van der Waals surface area contributed by atoms with Crippen molar-refractivity contribution in [3.05, 3.63) is 70.4 Å². The van der Waals surface area contributed by atoms with Crippen LogP contribution < -0.4 is 5.32 Å². The second-order valence-corrected chi connectivity index (χ2v) is 9.45. The average molecular weight is 429 g/mol. The summed E-state index contributed by atoms with van der Waals surface area (Å²) in [6.07, 6.45) is 0. The quantitative estimate of drug-likeness (QED) is 0.575. The Hall–Kier alpha value is -2.48. The van der Waals surface area contributed by atoms with Crippen LogP contribution in [0.25, 0.3) is 11.1 Å². The molecule has 5 nitrogen and oxygen atoms in total. The number of benzene rings is 2. The molecule has 1 heterocycles. The smallest absolute Gasteiger partial charge is 0.266 e. The van der Waals surface area contributed by atoms with Crippen LogP contribution in [0.1, 0.15) is 29.1 Å². The number of nitrogens with one attached hydrogen (secondary N) is 1. The van der Waals surface area contributed by atoms with Gasteiger partial charge in [0.25, 0.3) is 5.91 Å². The Labute approximate surface area is 176 Å². The highest BCUT2D eigenvalue weighted by molar-refractivity contribution is 7.89. The maximum Gasteiger partial charge on any atom is 0.266 e. The third-order valence-electron chi connectivity index (χ3n) is 4.69. The van der Waals surface area contributed by atoms with Gasteiger partial charge in [-0.15, -0.1) is 11.3 Å². The molecule has 0 atom stereocenters. The maximum atomic E-state index is 12.8. The predicted molar refractivity (Wildman–Crippen MR) is 119 cm³/mol. The zero-order valence-corrected chi connectivity index (χ0v) is 18.3. The zero-order valence-electron chi connectivity index (χ0n) is 16.7. The molecule has 0 unspecified atom stereocenters. The van der Waals surface area contributed by atoms with E-state index < -0.39 is 10.0 Å². The van der Waals surface area contributed by atoms with Crippen LogP contribution in [-0.4, -0.2) is 31.7 Å². The van der Waals surface area contributed by atoms with E-state index in [-0.39, 0.29) is 10.8 Å². The van der Waals surface area contributed by atoms with Crippen molar-refractivity contribution in [2.24, 2.45) is 0 Å². The lowest BCUT2D eigenvalue weighted by Crippen LogP contribution is -2.30. The Morgan fingerprint density at radius 1 is 0.966 bits per heavy atom. The number of aryl methyl sites for hydroxylation is 1. The van der Waals surface area contributed by atoms with E-state index in [1.54, 1.807) is 12.1 Å². The third-order valence-corrected chi connectivity index (χ3v) is 7.67. The number of anilines is 1. The minimum absolute atomic E-state index is 0.213. The van der Waals surface area contributed by atoms with Gasteiger partial charge in [0, 0.05) is 24.3 Å². The normalized spacial score (nSPS) is 11.6. The molecule has 29 heavy (non-hydrogen) atoms. The van der Waals surface area contributed by atoms with Crippen molar-refractivity contribution in [2.45, 2.75) is 25.7 Å². The molecule has 3 aromatic rings. The van der Waals surface area contributed by atoms with Gasteiger partial charge >= 0.3 is 0 Å². The predicted octanol–water partition coefficient (Wildman–Crippen LogP) is 5.01. The molecule has 1 N–H and O–H groups in total. The monoisotopic (exact) mass is 428 g/mol. The molecule has 1 amide bonds. The summed E-state index contributed by atoms with van der Waals surface area (Å²) in [5, 5.41) is 4.76. The van der Waals surface area contributed by atoms with Gasteiger partial charge in [0.1, 0.15) is 0 Å². The highest BCUT2D eigenvalue weighted by Gasteiger charge is 2.21. The van der Waals surface area contributed by atoms with Gasteiger partial charge < -0.3 is 5.32 Å². The van der Waals surface area contributed by atoms with E-state index in [2.05, 4.69) is 5.32 Å². The molecule has 0 bridgehead atoms. The Kier molecular flexibility index (Phi) is 6.52. The first-order chi connectivity index (χ1) is 13.9. The second kappa shape index (κ2) is 8.90. The SMILES string of the molecule is CCN(CC)S(=O)(=O)c1ccc(NC(=O)c2sccc2-c2ccc(C)cc2)cc1. The van der Waals surface area contributed by atoms with Crippen LogP contribution in [0.5, 0.6) is 0 Å². The maximum absolute atomic E-state index is 12.8. The lowest BCUT2D eigenvalue weighted by Gasteiger charge is -2.18. The Bertz CT molecular complexity index is 1080. The van der Waals surface area contributed by atoms with Gasteiger partial charge in [-0.3, -0.25) is 4.79 Å². The topological polar surface area (TPSA) is 66.5 Å². The highest BCUT2D eigenvalue weighted by atomic mass is 32.2. The van der Waals surface area contributed by atoms with Crippen LogP contribution in [0.2, 0.25) is 0 Å². The number of carbonyl (C=O) groups excluding carboxylic acids is 1. The molecule has 0 aliphatic rings.